The molecule has 0 fully saturated rings. The molecule has 0 saturated heterocycles. The summed E-state index contributed by atoms with van der Waals surface area (Å²) in [5, 5.41) is 15.8. The van der Waals surface area contributed by atoms with Crippen molar-refractivity contribution < 1.29 is 50.7 Å². The van der Waals surface area contributed by atoms with E-state index in [1.807, 2.05) is 0 Å². The van der Waals surface area contributed by atoms with E-state index in [0.717, 1.165) is 6.42 Å². The monoisotopic (exact) mass is 902 g/mol. The Labute approximate surface area is 350 Å². The topological polar surface area (TPSA) is 0 Å². The van der Waals surface area contributed by atoms with Gasteiger partial charge in [-0.25, -0.2) is 0 Å². The first kappa shape index (κ1) is 40.7. The maximum Gasteiger partial charge on any atom is 0 e. The molecule has 0 atom stereocenters. The molecule has 0 bridgehead atoms. The molecular weight excluding hydrogens is 862 g/mol. The molecule has 0 N–H and O–H groups in total. The number of hydrogen-bond donors (Lipinski definition) is 0. The van der Waals surface area contributed by atoms with Gasteiger partial charge in [-0.1, -0.05) is 134 Å². The second-order valence-corrected chi connectivity index (χ2v) is 13.4. The van der Waals surface area contributed by atoms with Crippen molar-refractivity contribution in [3.63, 3.8) is 0 Å². The zero-order valence-electron chi connectivity index (χ0n) is 30.5. The second kappa shape index (κ2) is 17.7. The first-order valence-electron chi connectivity index (χ1n) is 17.8. The van der Waals surface area contributed by atoms with E-state index in [2.05, 4.69) is 198 Å². The summed E-state index contributed by atoms with van der Waals surface area (Å²) in [5.41, 5.74) is 7.99. The van der Waals surface area contributed by atoms with Gasteiger partial charge in [0.15, 0.2) is 0 Å². The van der Waals surface area contributed by atoms with E-state index in [1.54, 1.807) is 0 Å². The Morgan fingerprint density at radius 3 is 1.00 bits per heavy atom. The van der Waals surface area contributed by atoms with Crippen LogP contribution >= 0.6 is 0 Å². The van der Waals surface area contributed by atoms with Gasteiger partial charge in [-0.15, -0.1) is 69.1 Å². The molecule has 0 aliphatic rings. The van der Waals surface area contributed by atoms with E-state index in [4.69, 9.17) is 0 Å². The number of aryl methyl sites for hydroxylation is 2. The van der Waals surface area contributed by atoms with Gasteiger partial charge in [-0.3, -0.25) is 0 Å². The van der Waals surface area contributed by atoms with Gasteiger partial charge in [0, 0.05) is 25.8 Å². The Kier molecular flexibility index (Phi) is 13.4. The van der Waals surface area contributed by atoms with Crippen molar-refractivity contribution in [1.82, 2.24) is 0 Å². The predicted octanol–water partition coefficient (Wildman–Crippen LogP) is 8.73. The zero-order chi connectivity index (χ0) is 34.9. The van der Waals surface area contributed by atoms with Crippen LogP contribution in [0.5, 0.6) is 0 Å². The summed E-state index contributed by atoms with van der Waals surface area (Å²) in [6.45, 7) is 11.1. The fraction of sp³-hybridized carbons (Fsp3) is 0.0588. The molecule has 0 spiro atoms. The molecule has 54 heavy (non-hydrogen) atoms. The summed E-state index contributed by atoms with van der Waals surface area (Å²) < 4.78 is 0. The van der Waals surface area contributed by atoms with Gasteiger partial charge in [0.1, 0.15) is 0 Å². The Bertz CT molecular complexity index is 2530. The third kappa shape index (κ3) is 7.69. The van der Waals surface area contributed by atoms with Gasteiger partial charge in [0.25, 0.3) is 0 Å². The molecule has 0 saturated carbocycles. The fourth-order valence-electron chi connectivity index (χ4n) is 7.81. The molecule has 0 aliphatic carbocycles. The second-order valence-electron chi connectivity index (χ2n) is 13.4. The quantitative estimate of drug-likeness (QED) is 0.0926. The van der Waals surface area contributed by atoms with Crippen LogP contribution in [0, 0.1) is 27.7 Å². The van der Waals surface area contributed by atoms with E-state index in [1.165, 1.54) is 98.0 Å². The molecule has 0 aliphatic heterocycles. The van der Waals surface area contributed by atoms with Crippen molar-refractivity contribution in [2.75, 3.05) is 0 Å². The van der Waals surface area contributed by atoms with Crippen LogP contribution in [0.2, 0.25) is 0 Å². The van der Waals surface area contributed by atoms with Crippen molar-refractivity contribution in [3.05, 3.63) is 195 Å². The Morgan fingerprint density at radius 2 is 0.685 bits per heavy atom. The molecule has 10 aromatic rings. The SMILES string of the molecule is Cc1cc2c(-c3c4ccccc4cc4ccccc34)cccc2[cH-]1.Cc1cc2c(-c3c4ccccc4cc4ccccc34)cccc2[cH-]1.[CH2-]C[CH2-].[Cl-].[Cl-].[Hf]. The van der Waals surface area contributed by atoms with Crippen molar-refractivity contribution in [2.45, 2.75) is 20.3 Å². The van der Waals surface area contributed by atoms with Crippen LogP contribution in [0.15, 0.2) is 170 Å². The fourth-order valence-corrected chi connectivity index (χ4v) is 7.81. The van der Waals surface area contributed by atoms with Crippen LogP contribution in [-0.2, 0) is 25.8 Å². The summed E-state index contributed by atoms with van der Waals surface area (Å²) in [6, 6.07) is 61.9. The molecule has 0 amide bonds. The third-order valence-electron chi connectivity index (χ3n) is 9.87. The molecule has 10 rings (SSSR count). The summed E-state index contributed by atoms with van der Waals surface area (Å²) >= 11 is 0. The maximum absolute atomic E-state index is 3.38. The molecule has 0 heterocycles. The number of rotatable bonds is 2. The largest absolute Gasteiger partial charge is 1.00 e. The van der Waals surface area contributed by atoms with E-state index < -0.39 is 0 Å². The molecule has 0 aromatic heterocycles. The molecule has 3 heteroatoms. The minimum absolute atomic E-state index is 0. The normalized spacial score (nSPS) is 10.6. The molecule has 268 valence electrons. The summed E-state index contributed by atoms with van der Waals surface area (Å²) in [5.74, 6) is 0. The van der Waals surface area contributed by atoms with Gasteiger partial charge < -0.3 is 45.1 Å². The van der Waals surface area contributed by atoms with Gasteiger partial charge >= 0.3 is 0 Å². The van der Waals surface area contributed by atoms with Crippen LogP contribution in [0.3, 0.4) is 0 Å². The number of fused-ring (bicyclic) bond motifs is 6. The standard InChI is InChI=1S/2C24H17.C3H6.2ClH.Hf/c2*1-16-13-17-9-6-12-22(23(17)14-16)24-20-10-4-2-7-18(20)15-19-8-3-5-11-21(19)24;1-3-2;;;/h2*2-15H,1H3;1-3H2;2*1H;/q2*-1;-2;;;/p-2. The minimum Gasteiger partial charge on any atom is -1.00 e. The van der Waals surface area contributed by atoms with Crippen molar-refractivity contribution in [3.8, 4) is 22.3 Å². The summed E-state index contributed by atoms with van der Waals surface area (Å²) in [4.78, 5) is 0. The Hall–Kier alpha value is -4.53. The third-order valence-corrected chi connectivity index (χ3v) is 9.87. The van der Waals surface area contributed by atoms with Gasteiger partial charge in [-0.2, -0.15) is 12.1 Å². The average Bonchev–Trinajstić information content (AvgIpc) is 3.74. The van der Waals surface area contributed by atoms with Crippen LogP contribution in [0.4, 0.5) is 0 Å². The smallest absolute Gasteiger partial charge is 0 e. The molecular formula is C51H40Cl2Hf-6. The molecule has 10 aromatic carbocycles. The van der Waals surface area contributed by atoms with E-state index in [0.29, 0.717) is 0 Å². The Morgan fingerprint density at radius 1 is 0.389 bits per heavy atom. The van der Waals surface area contributed by atoms with Crippen LogP contribution in [-0.4, -0.2) is 0 Å². The molecule has 0 radical (unpaired) electrons. The minimum atomic E-state index is 0. The van der Waals surface area contributed by atoms with Gasteiger partial charge in [-0.05, 0) is 66.3 Å². The zero-order valence-corrected chi connectivity index (χ0v) is 35.6. The first-order chi connectivity index (χ1) is 25.0. The van der Waals surface area contributed by atoms with Crippen LogP contribution in [0.1, 0.15) is 17.5 Å². The summed E-state index contributed by atoms with van der Waals surface area (Å²) in [6.07, 6.45) is 0.750. The first-order valence-corrected chi connectivity index (χ1v) is 17.8. The van der Waals surface area contributed by atoms with Crippen molar-refractivity contribution in [2.24, 2.45) is 0 Å². The number of benzene rings is 8. The van der Waals surface area contributed by atoms with Crippen molar-refractivity contribution >= 4 is 64.6 Å². The van der Waals surface area contributed by atoms with Crippen LogP contribution in [0.25, 0.3) is 86.9 Å². The van der Waals surface area contributed by atoms with Gasteiger partial charge in [0.2, 0.25) is 0 Å². The Balaban J connectivity index is 0.000000184. The van der Waals surface area contributed by atoms with Gasteiger partial charge in [0.05, 0.1) is 0 Å². The molecule has 0 unspecified atom stereocenters. The van der Waals surface area contributed by atoms with Crippen LogP contribution < -0.4 is 24.8 Å². The average molecular weight is 902 g/mol. The predicted molar refractivity (Wildman–Crippen MR) is 225 cm³/mol. The maximum atomic E-state index is 3.38. The van der Waals surface area contributed by atoms with Crippen molar-refractivity contribution in [1.29, 1.82) is 0 Å². The van der Waals surface area contributed by atoms with E-state index in [-0.39, 0.29) is 50.7 Å². The number of halogens is 2. The summed E-state index contributed by atoms with van der Waals surface area (Å²) in [7, 11) is 0. The van der Waals surface area contributed by atoms with E-state index in [9.17, 15) is 0 Å². The molecule has 0 nitrogen and oxygen atoms in total. The van der Waals surface area contributed by atoms with E-state index >= 15 is 0 Å². The number of hydrogen-bond acceptors (Lipinski definition) is 0.